The minimum Gasteiger partial charge on any atom is -0.494 e. The van der Waals surface area contributed by atoms with E-state index in [-0.39, 0.29) is 11.6 Å². The molecule has 2 N–H and O–H groups in total. The molecule has 0 radical (unpaired) electrons. The molecule has 1 amide bonds. The molecule has 148 valence electrons. The molecule has 2 heterocycles. The number of hydrogen-bond donors (Lipinski definition) is 2. The van der Waals surface area contributed by atoms with Gasteiger partial charge in [0.15, 0.2) is 5.69 Å². The Morgan fingerprint density at radius 2 is 1.82 bits per heavy atom. The molecule has 2 aromatic rings. The first-order valence-corrected chi connectivity index (χ1v) is 9.25. The maximum atomic E-state index is 12.3. The first-order valence-electron chi connectivity index (χ1n) is 9.25. The van der Waals surface area contributed by atoms with Crippen molar-refractivity contribution in [3.63, 3.8) is 0 Å². The Balaban J connectivity index is 1.48. The van der Waals surface area contributed by atoms with Crippen LogP contribution in [-0.4, -0.2) is 66.2 Å². The van der Waals surface area contributed by atoms with E-state index in [2.05, 4.69) is 15.2 Å². The number of carbonyl (C=O) groups excluding carboxylic acids is 1. The molecule has 0 bridgehead atoms. The van der Waals surface area contributed by atoms with Gasteiger partial charge in [0.05, 0.1) is 13.2 Å². The van der Waals surface area contributed by atoms with Crippen LogP contribution in [0.2, 0.25) is 0 Å². The van der Waals surface area contributed by atoms with Crippen molar-refractivity contribution in [1.82, 2.24) is 9.88 Å². The number of amides is 1. The van der Waals surface area contributed by atoms with Crippen LogP contribution in [0.5, 0.6) is 5.75 Å². The SMILES string of the molecule is CCOc1ccc(NC(=O)CN2CCN(c3cccc(C(=O)O)n3)CC2)cc1. The maximum absolute atomic E-state index is 12.3. The van der Waals surface area contributed by atoms with Crippen LogP contribution in [0.3, 0.4) is 0 Å². The van der Waals surface area contributed by atoms with E-state index < -0.39 is 5.97 Å². The lowest BCUT2D eigenvalue weighted by Crippen LogP contribution is -2.49. The van der Waals surface area contributed by atoms with E-state index in [1.807, 2.05) is 36.1 Å². The van der Waals surface area contributed by atoms with Crippen LogP contribution < -0.4 is 15.0 Å². The van der Waals surface area contributed by atoms with Gasteiger partial charge in [-0.15, -0.1) is 0 Å². The van der Waals surface area contributed by atoms with Crippen LogP contribution in [0.1, 0.15) is 17.4 Å². The van der Waals surface area contributed by atoms with Crippen LogP contribution in [-0.2, 0) is 4.79 Å². The van der Waals surface area contributed by atoms with E-state index in [0.29, 0.717) is 45.1 Å². The van der Waals surface area contributed by atoms with Gasteiger partial charge in [-0.25, -0.2) is 9.78 Å². The van der Waals surface area contributed by atoms with Crippen LogP contribution in [0, 0.1) is 0 Å². The molecule has 0 saturated carbocycles. The van der Waals surface area contributed by atoms with Crippen LogP contribution in [0.15, 0.2) is 42.5 Å². The highest BCUT2D eigenvalue weighted by Crippen LogP contribution is 2.16. The van der Waals surface area contributed by atoms with Crippen molar-refractivity contribution in [3.05, 3.63) is 48.2 Å². The number of nitrogens with one attached hydrogen (secondary N) is 1. The number of aromatic carboxylic acids is 1. The monoisotopic (exact) mass is 384 g/mol. The van der Waals surface area contributed by atoms with Gasteiger partial charge in [0.1, 0.15) is 11.6 Å². The highest BCUT2D eigenvalue weighted by Gasteiger charge is 2.20. The molecule has 8 heteroatoms. The third-order valence-corrected chi connectivity index (χ3v) is 4.47. The predicted molar refractivity (Wildman–Crippen MR) is 106 cm³/mol. The second-order valence-electron chi connectivity index (χ2n) is 6.45. The Labute approximate surface area is 163 Å². The largest absolute Gasteiger partial charge is 0.494 e. The fraction of sp³-hybridized carbons (Fsp3) is 0.350. The Kier molecular flexibility index (Phi) is 6.44. The summed E-state index contributed by atoms with van der Waals surface area (Å²) in [6.07, 6.45) is 0. The van der Waals surface area contributed by atoms with Gasteiger partial charge in [0.2, 0.25) is 5.91 Å². The molecule has 3 rings (SSSR count). The summed E-state index contributed by atoms with van der Waals surface area (Å²) in [6, 6.07) is 12.3. The highest BCUT2D eigenvalue weighted by atomic mass is 16.5. The summed E-state index contributed by atoms with van der Waals surface area (Å²) >= 11 is 0. The van der Waals surface area contributed by atoms with E-state index in [1.54, 1.807) is 12.1 Å². The lowest BCUT2D eigenvalue weighted by Gasteiger charge is -2.35. The fourth-order valence-corrected chi connectivity index (χ4v) is 3.06. The number of pyridine rings is 1. The minimum absolute atomic E-state index is 0.0367. The topological polar surface area (TPSA) is 95.0 Å². The molecule has 0 atom stereocenters. The predicted octanol–water partition coefficient (Wildman–Crippen LogP) is 1.94. The number of anilines is 2. The van der Waals surface area contributed by atoms with Gasteiger partial charge in [-0.3, -0.25) is 9.69 Å². The summed E-state index contributed by atoms with van der Waals surface area (Å²) in [5.41, 5.74) is 0.774. The minimum atomic E-state index is -1.04. The molecule has 0 aliphatic carbocycles. The average Bonchev–Trinajstić information content (AvgIpc) is 2.70. The quantitative estimate of drug-likeness (QED) is 0.753. The van der Waals surface area contributed by atoms with Gasteiger partial charge in [-0.1, -0.05) is 6.07 Å². The molecule has 28 heavy (non-hydrogen) atoms. The second-order valence-corrected chi connectivity index (χ2v) is 6.45. The van der Waals surface area contributed by atoms with Crippen LogP contribution in [0.4, 0.5) is 11.5 Å². The number of rotatable bonds is 7. The second kappa shape index (κ2) is 9.18. The van der Waals surface area contributed by atoms with Crippen molar-refractivity contribution in [1.29, 1.82) is 0 Å². The zero-order valence-electron chi connectivity index (χ0n) is 15.8. The number of hydrogen-bond acceptors (Lipinski definition) is 6. The van der Waals surface area contributed by atoms with E-state index in [9.17, 15) is 9.59 Å². The fourth-order valence-electron chi connectivity index (χ4n) is 3.06. The first-order chi connectivity index (χ1) is 13.5. The molecule has 1 saturated heterocycles. The van der Waals surface area contributed by atoms with Crippen molar-refractivity contribution >= 4 is 23.4 Å². The summed E-state index contributed by atoms with van der Waals surface area (Å²) in [4.78, 5) is 31.6. The Bertz CT molecular complexity index is 817. The zero-order chi connectivity index (χ0) is 19.9. The van der Waals surface area contributed by atoms with Gasteiger partial charge in [-0.2, -0.15) is 0 Å². The molecular weight excluding hydrogens is 360 g/mol. The number of carboxylic acid groups (broad SMARTS) is 1. The van der Waals surface area contributed by atoms with Crippen molar-refractivity contribution in [2.75, 3.05) is 49.5 Å². The number of carboxylic acids is 1. The number of nitrogens with zero attached hydrogens (tertiary/aromatic N) is 3. The number of carbonyl (C=O) groups is 2. The standard InChI is InChI=1S/C20H24N4O4/c1-2-28-16-8-6-15(7-9-16)21-19(25)14-23-10-12-24(13-11-23)18-5-3-4-17(22-18)20(26)27/h3-9H,2,10-14H2,1H3,(H,21,25)(H,26,27). The third kappa shape index (κ3) is 5.20. The molecule has 1 fully saturated rings. The number of ether oxygens (including phenoxy) is 1. The molecule has 8 nitrogen and oxygen atoms in total. The van der Waals surface area contributed by atoms with Crippen molar-refractivity contribution < 1.29 is 19.4 Å². The number of aromatic nitrogens is 1. The van der Waals surface area contributed by atoms with Gasteiger partial charge >= 0.3 is 5.97 Å². The third-order valence-electron chi connectivity index (χ3n) is 4.47. The van der Waals surface area contributed by atoms with E-state index >= 15 is 0 Å². The number of benzene rings is 1. The van der Waals surface area contributed by atoms with E-state index in [0.717, 1.165) is 11.4 Å². The first kappa shape index (κ1) is 19.6. The van der Waals surface area contributed by atoms with Crippen LogP contribution >= 0.6 is 0 Å². The summed E-state index contributed by atoms with van der Waals surface area (Å²) in [7, 11) is 0. The molecule has 1 aliphatic heterocycles. The zero-order valence-corrected chi connectivity index (χ0v) is 15.8. The molecule has 0 unspecified atom stereocenters. The summed E-state index contributed by atoms with van der Waals surface area (Å²) in [6.45, 7) is 5.62. The molecule has 1 aromatic heterocycles. The molecule has 1 aromatic carbocycles. The summed E-state index contributed by atoms with van der Waals surface area (Å²) in [5, 5.41) is 12.0. The van der Waals surface area contributed by atoms with Crippen molar-refractivity contribution in [2.24, 2.45) is 0 Å². The van der Waals surface area contributed by atoms with Gasteiger partial charge < -0.3 is 20.1 Å². The average molecular weight is 384 g/mol. The van der Waals surface area contributed by atoms with Gasteiger partial charge in [0, 0.05) is 31.9 Å². The highest BCUT2D eigenvalue weighted by molar-refractivity contribution is 5.92. The smallest absolute Gasteiger partial charge is 0.354 e. The normalized spacial score (nSPS) is 14.5. The Morgan fingerprint density at radius 1 is 1.11 bits per heavy atom. The van der Waals surface area contributed by atoms with Crippen molar-refractivity contribution in [2.45, 2.75) is 6.92 Å². The molecular formula is C20H24N4O4. The maximum Gasteiger partial charge on any atom is 0.354 e. The number of piperazine rings is 1. The summed E-state index contributed by atoms with van der Waals surface area (Å²) < 4.78 is 5.39. The lowest BCUT2D eigenvalue weighted by atomic mass is 10.2. The van der Waals surface area contributed by atoms with Crippen LogP contribution in [0.25, 0.3) is 0 Å². The Morgan fingerprint density at radius 3 is 2.46 bits per heavy atom. The lowest BCUT2D eigenvalue weighted by molar-refractivity contribution is -0.117. The molecule has 0 spiro atoms. The summed E-state index contributed by atoms with van der Waals surface area (Å²) in [5.74, 6) is 0.325. The van der Waals surface area contributed by atoms with E-state index in [1.165, 1.54) is 6.07 Å². The van der Waals surface area contributed by atoms with Gasteiger partial charge in [-0.05, 0) is 43.3 Å². The molecule has 1 aliphatic rings. The van der Waals surface area contributed by atoms with Crippen molar-refractivity contribution in [3.8, 4) is 5.75 Å². The Hall–Kier alpha value is -3.13. The van der Waals surface area contributed by atoms with Gasteiger partial charge in [0.25, 0.3) is 0 Å². The van der Waals surface area contributed by atoms with E-state index in [4.69, 9.17) is 9.84 Å².